The molecule has 3 atom stereocenters. The molecule has 3 unspecified atom stereocenters. The number of alkyl halides is 3. The molecule has 152 valence electrons. The fraction of sp³-hybridized carbons (Fsp3) is 0.650. The molecular weight excluding hydrogens is 424 g/mol. The van der Waals surface area contributed by atoms with E-state index < -0.39 is 36.9 Å². The summed E-state index contributed by atoms with van der Waals surface area (Å²) >= 11 is -2.66. The van der Waals surface area contributed by atoms with E-state index >= 15 is 0 Å². The van der Waals surface area contributed by atoms with Crippen molar-refractivity contribution in [3.8, 4) is 0 Å². The second-order valence-electron chi connectivity index (χ2n) is 7.00. The molecule has 0 aliphatic heterocycles. The third-order valence-electron chi connectivity index (χ3n) is 4.88. The SMILES string of the molecule is O=C(OC1CCCCCCCCCCC1[Se](=O)c1ccccc1)C(F)(F)F. The second-order valence-corrected chi connectivity index (χ2v) is 10.5. The predicted octanol–water partition coefficient (Wildman–Crippen LogP) is 5.07. The Morgan fingerprint density at radius 2 is 1.41 bits per heavy atom. The summed E-state index contributed by atoms with van der Waals surface area (Å²) in [4.78, 5) is 10.9. The molecule has 0 spiro atoms. The zero-order chi connectivity index (χ0) is 19.7. The molecule has 0 N–H and O–H groups in total. The van der Waals surface area contributed by atoms with Gasteiger partial charge in [0.25, 0.3) is 0 Å². The predicted molar refractivity (Wildman–Crippen MR) is 98.4 cm³/mol. The molecule has 1 fully saturated rings. The first kappa shape index (κ1) is 22.1. The second kappa shape index (κ2) is 11.0. The molecule has 1 aromatic rings. The van der Waals surface area contributed by atoms with Gasteiger partial charge >= 0.3 is 162 Å². The van der Waals surface area contributed by atoms with Crippen molar-refractivity contribution in [2.75, 3.05) is 0 Å². The summed E-state index contributed by atoms with van der Waals surface area (Å²) in [5.41, 5.74) is 0. The van der Waals surface area contributed by atoms with Gasteiger partial charge in [0.1, 0.15) is 0 Å². The van der Waals surface area contributed by atoms with Crippen LogP contribution in [0.4, 0.5) is 13.2 Å². The van der Waals surface area contributed by atoms with Gasteiger partial charge in [-0.15, -0.1) is 0 Å². The maximum atomic E-state index is 13.2. The zero-order valence-electron chi connectivity index (χ0n) is 15.4. The van der Waals surface area contributed by atoms with Crippen LogP contribution in [0.5, 0.6) is 0 Å². The Morgan fingerprint density at radius 3 is 1.96 bits per heavy atom. The monoisotopic (exact) mass is 452 g/mol. The molecule has 7 heteroatoms. The third-order valence-corrected chi connectivity index (χ3v) is 8.71. The van der Waals surface area contributed by atoms with Crippen molar-refractivity contribution in [2.45, 2.75) is 81.3 Å². The summed E-state index contributed by atoms with van der Waals surface area (Å²) < 4.78 is 57.0. The van der Waals surface area contributed by atoms with Crippen molar-refractivity contribution < 1.29 is 26.5 Å². The van der Waals surface area contributed by atoms with E-state index in [0.717, 1.165) is 44.9 Å². The number of hydrogen-bond acceptors (Lipinski definition) is 3. The number of rotatable bonds is 3. The van der Waals surface area contributed by atoms with E-state index in [-0.39, 0.29) is 0 Å². The molecule has 0 radical (unpaired) electrons. The number of esters is 1. The van der Waals surface area contributed by atoms with Crippen molar-refractivity contribution in [3.05, 3.63) is 30.3 Å². The third kappa shape index (κ3) is 7.38. The van der Waals surface area contributed by atoms with Crippen molar-refractivity contribution >= 4 is 24.3 Å². The summed E-state index contributed by atoms with van der Waals surface area (Å²) in [5, 5.41) is 0. The molecule has 0 amide bonds. The Labute approximate surface area is 162 Å². The van der Waals surface area contributed by atoms with Gasteiger partial charge in [0.2, 0.25) is 0 Å². The number of hydrogen-bond donors (Lipinski definition) is 0. The van der Waals surface area contributed by atoms with Crippen LogP contribution in [0.3, 0.4) is 0 Å². The van der Waals surface area contributed by atoms with Crippen LogP contribution in [-0.4, -0.2) is 32.1 Å². The number of ether oxygens (including phenoxy) is 1. The fourth-order valence-corrected chi connectivity index (χ4v) is 6.84. The molecule has 3 nitrogen and oxygen atoms in total. The Kier molecular flexibility index (Phi) is 8.97. The van der Waals surface area contributed by atoms with Gasteiger partial charge in [-0.25, -0.2) is 0 Å². The zero-order valence-corrected chi connectivity index (χ0v) is 17.1. The van der Waals surface area contributed by atoms with E-state index in [2.05, 4.69) is 0 Å². The van der Waals surface area contributed by atoms with Gasteiger partial charge in [-0.1, -0.05) is 0 Å². The van der Waals surface area contributed by atoms with Crippen molar-refractivity contribution in [2.24, 2.45) is 0 Å². The normalized spacial score (nSPS) is 24.3. The molecule has 2 rings (SSSR count). The number of carbonyl (C=O) groups excluding carboxylic acids is 1. The van der Waals surface area contributed by atoms with Gasteiger partial charge < -0.3 is 0 Å². The van der Waals surface area contributed by atoms with Gasteiger partial charge in [-0.2, -0.15) is 0 Å². The Bertz CT molecular complexity index is 604. The molecule has 1 aromatic carbocycles. The van der Waals surface area contributed by atoms with Crippen LogP contribution in [-0.2, 0) is 13.4 Å². The van der Waals surface area contributed by atoms with Crippen LogP contribution < -0.4 is 4.46 Å². The van der Waals surface area contributed by atoms with Crippen LogP contribution >= 0.6 is 0 Å². The average molecular weight is 451 g/mol. The first-order chi connectivity index (χ1) is 12.9. The van der Waals surface area contributed by atoms with E-state index in [9.17, 15) is 21.8 Å². The van der Waals surface area contributed by atoms with Crippen LogP contribution in [0.2, 0.25) is 4.82 Å². The summed E-state index contributed by atoms with van der Waals surface area (Å²) in [5.74, 6) is -2.17. The van der Waals surface area contributed by atoms with Crippen LogP contribution in [0.1, 0.15) is 64.2 Å². The number of benzene rings is 1. The fourth-order valence-electron chi connectivity index (χ4n) is 3.44. The van der Waals surface area contributed by atoms with Gasteiger partial charge in [-0.3, -0.25) is 0 Å². The van der Waals surface area contributed by atoms with Gasteiger partial charge in [-0.05, 0) is 0 Å². The summed E-state index contributed by atoms with van der Waals surface area (Å²) in [6.45, 7) is 0. The van der Waals surface area contributed by atoms with E-state index in [1.807, 2.05) is 6.07 Å². The summed E-state index contributed by atoms with van der Waals surface area (Å²) in [6.07, 6.45) is 2.60. The molecule has 0 saturated heterocycles. The van der Waals surface area contributed by atoms with Crippen LogP contribution in [0.15, 0.2) is 30.3 Å². The number of carbonyl (C=O) groups is 1. The Hall–Kier alpha value is -1.20. The Morgan fingerprint density at radius 1 is 0.889 bits per heavy atom. The molecule has 0 bridgehead atoms. The maximum absolute atomic E-state index is 13.2. The van der Waals surface area contributed by atoms with E-state index in [1.54, 1.807) is 24.3 Å². The van der Waals surface area contributed by atoms with Crippen molar-refractivity contribution in [1.29, 1.82) is 0 Å². The standard InChI is InChI=1S/C20H27F3O3Se/c21-20(22,23)19(24)26-17-14-10-5-3-1-2-4-6-11-15-18(17)27(25)16-12-8-7-9-13-16/h7-9,12-13,17-18H,1-6,10-11,14-15H2. The van der Waals surface area contributed by atoms with Gasteiger partial charge in [0.05, 0.1) is 0 Å². The molecular formula is C20H27F3O3Se. The van der Waals surface area contributed by atoms with E-state index in [1.165, 1.54) is 0 Å². The van der Waals surface area contributed by atoms with Crippen LogP contribution in [0, 0.1) is 0 Å². The van der Waals surface area contributed by atoms with Gasteiger partial charge in [0, 0.05) is 0 Å². The summed E-state index contributed by atoms with van der Waals surface area (Å²) in [7, 11) is 0. The first-order valence-electron chi connectivity index (χ1n) is 9.63. The van der Waals surface area contributed by atoms with Crippen LogP contribution in [0.25, 0.3) is 0 Å². The average Bonchev–Trinajstić information content (AvgIpc) is 2.63. The first-order valence-corrected chi connectivity index (χ1v) is 12.2. The molecule has 0 aromatic heterocycles. The Balaban J connectivity index is 2.22. The van der Waals surface area contributed by atoms with Crippen molar-refractivity contribution in [1.82, 2.24) is 0 Å². The minimum atomic E-state index is -5.03. The van der Waals surface area contributed by atoms with Crippen molar-refractivity contribution in [3.63, 3.8) is 0 Å². The van der Waals surface area contributed by atoms with E-state index in [4.69, 9.17) is 4.74 Å². The molecule has 1 aliphatic carbocycles. The van der Waals surface area contributed by atoms with E-state index in [0.29, 0.717) is 23.7 Å². The summed E-state index contributed by atoms with van der Waals surface area (Å²) in [6, 6.07) is 8.85. The molecule has 27 heavy (non-hydrogen) atoms. The minimum absolute atomic E-state index is 0.335. The van der Waals surface area contributed by atoms with Gasteiger partial charge in [0.15, 0.2) is 0 Å². The topological polar surface area (TPSA) is 43.4 Å². The molecule has 0 heterocycles. The number of halogens is 3. The quantitative estimate of drug-likeness (QED) is 0.476. The molecule has 1 saturated carbocycles. The molecule has 1 aliphatic rings.